The molecule has 0 radical (unpaired) electrons. The second kappa shape index (κ2) is 6.75. The fourth-order valence-corrected chi connectivity index (χ4v) is 3.21. The molecule has 4 nitrogen and oxygen atoms in total. The third-order valence-electron chi connectivity index (χ3n) is 3.22. The SMILES string of the molecule is O=[N+]([O-])c1ccc(CCNC2CCSCC2)cc1. The van der Waals surface area contributed by atoms with Crippen LogP contribution in [0.4, 0.5) is 5.69 Å². The summed E-state index contributed by atoms with van der Waals surface area (Å²) < 4.78 is 0. The molecule has 1 heterocycles. The third-order valence-corrected chi connectivity index (χ3v) is 4.26. The van der Waals surface area contributed by atoms with Crippen molar-refractivity contribution in [3.8, 4) is 0 Å². The molecule has 5 heteroatoms. The number of nitro groups is 1. The van der Waals surface area contributed by atoms with Crippen LogP contribution in [0, 0.1) is 10.1 Å². The van der Waals surface area contributed by atoms with Crippen molar-refractivity contribution in [2.45, 2.75) is 25.3 Å². The molecule has 1 fully saturated rings. The summed E-state index contributed by atoms with van der Waals surface area (Å²) in [5, 5.41) is 14.1. The Bertz CT molecular complexity index is 388. The predicted molar refractivity (Wildman–Crippen MR) is 75.2 cm³/mol. The Morgan fingerprint density at radius 3 is 2.56 bits per heavy atom. The highest BCUT2D eigenvalue weighted by molar-refractivity contribution is 7.99. The van der Waals surface area contributed by atoms with Gasteiger partial charge >= 0.3 is 0 Å². The third kappa shape index (κ3) is 3.99. The quantitative estimate of drug-likeness (QED) is 0.657. The molecule has 0 unspecified atom stereocenters. The van der Waals surface area contributed by atoms with Crippen LogP contribution < -0.4 is 5.32 Å². The molecular formula is C13H18N2O2S. The molecule has 1 N–H and O–H groups in total. The predicted octanol–water partition coefficient (Wildman–Crippen LogP) is 2.62. The topological polar surface area (TPSA) is 55.2 Å². The molecule has 0 atom stereocenters. The lowest BCUT2D eigenvalue weighted by atomic mass is 10.1. The number of nitrogens with one attached hydrogen (secondary N) is 1. The van der Waals surface area contributed by atoms with Gasteiger partial charge in [0.15, 0.2) is 0 Å². The van der Waals surface area contributed by atoms with Crippen molar-refractivity contribution in [2.24, 2.45) is 0 Å². The number of benzene rings is 1. The van der Waals surface area contributed by atoms with E-state index in [4.69, 9.17) is 0 Å². The van der Waals surface area contributed by atoms with Crippen molar-refractivity contribution in [1.82, 2.24) is 5.32 Å². The van der Waals surface area contributed by atoms with Gasteiger partial charge in [0.05, 0.1) is 4.92 Å². The molecule has 0 aromatic heterocycles. The van der Waals surface area contributed by atoms with Crippen LogP contribution >= 0.6 is 11.8 Å². The molecular weight excluding hydrogens is 248 g/mol. The highest BCUT2D eigenvalue weighted by Crippen LogP contribution is 2.17. The largest absolute Gasteiger partial charge is 0.314 e. The Morgan fingerprint density at radius 2 is 1.94 bits per heavy atom. The van der Waals surface area contributed by atoms with Crippen LogP contribution in [-0.4, -0.2) is 29.0 Å². The average molecular weight is 266 g/mol. The van der Waals surface area contributed by atoms with Crippen LogP contribution in [0.25, 0.3) is 0 Å². The Hall–Kier alpha value is -1.07. The van der Waals surface area contributed by atoms with E-state index in [0.29, 0.717) is 6.04 Å². The minimum Gasteiger partial charge on any atom is -0.314 e. The summed E-state index contributed by atoms with van der Waals surface area (Å²) in [7, 11) is 0. The minimum absolute atomic E-state index is 0.163. The molecule has 1 aliphatic heterocycles. The summed E-state index contributed by atoms with van der Waals surface area (Å²) in [6.07, 6.45) is 3.44. The van der Waals surface area contributed by atoms with Crippen molar-refractivity contribution >= 4 is 17.4 Å². The Labute approximate surface area is 111 Å². The fraction of sp³-hybridized carbons (Fsp3) is 0.538. The Morgan fingerprint density at radius 1 is 1.28 bits per heavy atom. The number of nitrogens with zero attached hydrogens (tertiary/aromatic N) is 1. The van der Waals surface area contributed by atoms with E-state index in [1.165, 1.54) is 24.3 Å². The van der Waals surface area contributed by atoms with Gasteiger partial charge in [0, 0.05) is 18.2 Å². The van der Waals surface area contributed by atoms with Crippen molar-refractivity contribution in [3.05, 3.63) is 39.9 Å². The number of non-ortho nitro benzene ring substituents is 1. The first-order chi connectivity index (χ1) is 8.75. The number of thioether (sulfide) groups is 1. The minimum atomic E-state index is -0.359. The maximum Gasteiger partial charge on any atom is 0.269 e. The maximum atomic E-state index is 10.5. The van der Waals surface area contributed by atoms with Crippen LogP contribution in [0.2, 0.25) is 0 Å². The average Bonchev–Trinajstić information content (AvgIpc) is 2.40. The molecule has 1 aromatic carbocycles. The fourth-order valence-electron chi connectivity index (χ4n) is 2.11. The second-order valence-electron chi connectivity index (χ2n) is 4.51. The van der Waals surface area contributed by atoms with Gasteiger partial charge < -0.3 is 5.32 Å². The van der Waals surface area contributed by atoms with Gasteiger partial charge in [-0.3, -0.25) is 10.1 Å². The van der Waals surface area contributed by atoms with E-state index in [0.717, 1.165) is 18.5 Å². The number of hydrogen-bond donors (Lipinski definition) is 1. The van der Waals surface area contributed by atoms with Gasteiger partial charge in [0.2, 0.25) is 0 Å². The van der Waals surface area contributed by atoms with Crippen molar-refractivity contribution in [2.75, 3.05) is 18.1 Å². The maximum absolute atomic E-state index is 10.5. The van der Waals surface area contributed by atoms with E-state index in [9.17, 15) is 10.1 Å². The van der Waals surface area contributed by atoms with Crippen molar-refractivity contribution in [1.29, 1.82) is 0 Å². The molecule has 0 spiro atoms. The molecule has 0 amide bonds. The van der Waals surface area contributed by atoms with Crippen LogP contribution in [0.1, 0.15) is 18.4 Å². The van der Waals surface area contributed by atoms with E-state index in [1.807, 2.05) is 23.9 Å². The number of hydrogen-bond acceptors (Lipinski definition) is 4. The molecule has 0 saturated carbocycles. The van der Waals surface area contributed by atoms with E-state index in [1.54, 1.807) is 12.1 Å². The van der Waals surface area contributed by atoms with E-state index >= 15 is 0 Å². The zero-order chi connectivity index (χ0) is 12.8. The number of nitro benzene ring substituents is 1. The molecule has 1 saturated heterocycles. The van der Waals surface area contributed by atoms with Gasteiger partial charge in [-0.15, -0.1) is 0 Å². The van der Waals surface area contributed by atoms with Crippen LogP contribution in [0.15, 0.2) is 24.3 Å². The highest BCUT2D eigenvalue weighted by atomic mass is 32.2. The first kappa shape index (κ1) is 13.4. The van der Waals surface area contributed by atoms with Gasteiger partial charge in [0.1, 0.15) is 0 Å². The van der Waals surface area contributed by atoms with Crippen molar-refractivity contribution in [3.63, 3.8) is 0 Å². The van der Waals surface area contributed by atoms with Gasteiger partial charge in [-0.25, -0.2) is 0 Å². The van der Waals surface area contributed by atoms with Crippen molar-refractivity contribution < 1.29 is 4.92 Å². The zero-order valence-electron chi connectivity index (χ0n) is 10.3. The molecule has 1 aromatic rings. The van der Waals surface area contributed by atoms with E-state index in [-0.39, 0.29) is 10.6 Å². The van der Waals surface area contributed by atoms with Gasteiger partial charge in [-0.1, -0.05) is 12.1 Å². The zero-order valence-corrected chi connectivity index (χ0v) is 11.1. The number of rotatable bonds is 5. The monoisotopic (exact) mass is 266 g/mol. The second-order valence-corrected chi connectivity index (χ2v) is 5.74. The van der Waals surface area contributed by atoms with Gasteiger partial charge in [0.25, 0.3) is 5.69 Å². The van der Waals surface area contributed by atoms with Crippen LogP contribution in [0.3, 0.4) is 0 Å². The summed E-state index contributed by atoms with van der Waals surface area (Å²) in [6, 6.07) is 7.50. The van der Waals surface area contributed by atoms with Gasteiger partial charge in [-0.05, 0) is 42.9 Å². The summed E-state index contributed by atoms with van der Waals surface area (Å²) >= 11 is 2.03. The summed E-state index contributed by atoms with van der Waals surface area (Å²) in [4.78, 5) is 10.2. The molecule has 0 aliphatic carbocycles. The normalized spacial score (nSPS) is 16.7. The molecule has 2 rings (SSSR count). The first-order valence-corrected chi connectivity index (χ1v) is 7.45. The standard InChI is InChI=1S/C13H18N2O2S/c16-15(17)13-3-1-11(2-4-13)5-8-14-12-6-9-18-10-7-12/h1-4,12,14H,5-10H2. The van der Waals surface area contributed by atoms with Gasteiger partial charge in [-0.2, -0.15) is 11.8 Å². The Kier molecular flexibility index (Phi) is 5.01. The molecule has 18 heavy (non-hydrogen) atoms. The van der Waals surface area contributed by atoms with Crippen LogP contribution in [0.5, 0.6) is 0 Å². The smallest absolute Gasteiger partial charge is 0.269 e. The summed E-state index contributed by atoms with van der Waals surface area (Å²) in [5.74, 6) is 2.52. The molecule has 0 bridgehead atoms. The molecule has 98 valence electrons. The van der Waals surface area contributed by atoms with E-state index < -0.39 is 0 Å². The Balaban J connectivity index is 1.74. The lowest BCUT2D eigenvalue weighted by molar-refractivity contribution is -0.384. The lowest BCUT2D eigenvalue weighted by Gasteiger charge is -2.22. The first-order valence-electron chi connectivity index (χ1n) is 6.30. The summed E-state index contributed by atoms with van der Waals surface area (Å²) in [5.41, 5.74) is 1.31. The summed E-state index contributed by atoms with van der Waals surface area (Å²) in [6.45, 7) is 0.952. The molecule has 1 aliphatic rings. The van der Waals surface area contributed by atoms with Crippen LogP contribution in [-0.2, 0) is 6.42 Å². The lowest BCUT2D eigenvalue weighted by Crippen LogP contribution is -2.33. The van der Waals surface area contributed by atoms with E-state index in [2.05, 4.69) is 5.32 Å². The highest BCUT2D eigenvalue weighted by Gasteiger charge is 2.12.